The molecule has 0 bridgehead atoms. The molecule has 2 unspecified atom stereocenters. The normalized spacial score (nSPS) is 16.0. The van der Waals surface area contributed by atoms with Gasteiger partial charge in [0.2, 0.25) is 5.91 Å². The molecule has 0 radical (unpaired) electrons. The number of nitrogens with zero attached hydrogens (tertiary/aromatic N) is 4. The van der Waals surface area contributed by atoms with Crippen LogP contribution in [-0.4, -0.2) is 31.5 Å². The predicted molar refractivity (Wildman–Crippen MR) is 117 cm³/mol. The number of carbonyl (C=O) groups excluding carboxylic acids is 1. The molecule has 160 valence electrons. The number of anilines is 2. The first-order valence-electron chi connectivity index (χ1n) is 8.96. The Hall–Kier alpha value is -3.01. The van der Waals surface area contributed by atoms with Gasteiger partial charge < -0.3 is 21.1 Å². The molecule has 0 saturated carbocycles. The Bertz CT molecular complexity index is 1170. The molecule has 2 atom stereocenters. The van der Waals surface area contributed by atoms with Crippen LogP contribution in [0.15, 0.2) is 42.9 Å². The second-order valence-electron chi connectivity index (χ2n) is 6.75. The number of aromatic nitrogens is 3. The lowest BCUT2D eigenvalue weighted by molar-refractivity contribution is -0.118. The van der Waals surface area contributed by atoms with Gasteiger partial charge in [0.25, 0.3) is 0 Å². The first-order valence-corrected chi connectivity index (χ1v) is 10.1. The van der Waals surface area contributed by atoms with Crippen LogP contribution < -0.4 is 16.0 Å². The monoisotopic (exact) mass is 480 g/mol. The SMILES string of the molecule is NC(=O)CC(N1c2c(C(=O)O)ccnc2NC1c1ccc(Cl)cc1)n1cnc(Cl)c1Cl. The lowest BCUT2D eigenvalue weighted by Gasteiger charge is -2.35. The van der Waals surface area contributed by atoms with Crippen molar-refractivity contribution in [1.29, 1.82) is 0 Å². The zero-order valence-electron chi connectivity index (χ0n) is 15.7. The van der Waals surface area contributed by atoms with Crippen LogP contribution in [0.5, 0.6) is 0 Å². The van der Waals surface area contributed by atoms with E-state index in [-0.39, 0.29) is 28.0 Å². The Morgan fingerprint density at radius 2 is 1.87 bits per heavy atom. The Morgan fingerprint density at radius 3 is 2.45 bits per heavy atom. The number of fused-ring (bicyclic) bond motifs is 1. The van der Waals surface area contributed by atoms with Gasteiger partial charge in [-0.25, -0.2) is 14.8 Å². The third-order valence-electron chi connectivity index (χ3n) is 4.87. The summed E-state index contributed by atoms with van der Waals surface area (Å²) >= 11 is 18.4. The molecule has 1 aromatic carbocycles. The fourth-order valence-corrected chi connectivity index (χ4v) is 4.05. The Balaban J connectivity index is 1.94. The number of imidazole rings is 1. The molecule has 2 aromatic heterocycles. The second kappa shape index (κ2) is 8.26. The summed E-state index contributed by atoms with van der Waals surface area (Å²) in [6.07, 6.45) is 1.10. The molecule has 1 amide bonds. The summed E-state index contributed by atoms with van der Waals surface area (Å²) in [5.74, 6) is -1.46. The molecule has 3 aromatic rings. The van der Waals surface area contributed by atoms with Gasteiger partial charge in [-0.2, -0.15) is 0 Å². The highest BCUT2D eigenvalue weighted by atomic mass is 35.5. The minimum absolute atomic E-state index is 0.00855. The summed E-state index contributed by atoms with van der Waals surface area (Å²) in [4.78, 5) is 33.9. The number of nitrogens with two attached hydrogens (primary N) is 1. The van der Waals surface area contributed by atoms with Crippen LogP contribution in [0.4, 0.5) is 11.5 Å². The van der Waals surface area contributed by atoms with Gasteiger partial charge in [0.1, 0.15) is 17.5 Å². The molecule has 0 spiro atoms. The number of hydrogen-bond donors (Lipinski definition) is 3. The average Bonchev–Trinajstić information content (AvgIpc) is 3.27. The van der Waals surface area contributed by atoms with Gasteiger partial charge in [-0.15, -0.1) is 0 Å². The number of amides is 1. The van der Waals surface area contributed by atoms with Gasteiger partial charge in [0.15, 0.2) is 11.0 Å². The Kier molecular flexibility index (Phi) is 5.65. The molecule has 4 N–H and O–H groups in total. The number of benzene rings is 1. The molecule has 4 rings (SSSR count). The smallest absolute Gasteiger partial charge is 0.338 e. The summed E-state index contributed by atoms with van der Waals surface area (Å²) < 4.78 is 1.47. The number of carboxylic acid groups (broad SMARTS) is 1. The van der Waals surface area contributed by atoms with Crippen molar-refractivity contribution >= 4 is 58.2 Å². The largest absolute Gasteiger partial charge is 0.478 e. The van der Waals surface area contributed by atoms with Crippen molar-refractivity contribution in [2.45, 2.75) is 18.8 Å². The number of halogens is 3. The standard InChI is InChI=1S/C19H15Cl3N6O3/c20-10-3-1-9(2-4-10)18-26-17-14(11(19(30)31)5-6-24-17)28(18)13(7-12(23)29)27-8-25-15(21)16(27)22/h1-6,8,13,18H,7H2,(H2,23,29)(H,24,26)(H,30,31). The Labute approximate surface area is 191 Å². The maximum atomic E-state index is 12.0. The molecule has 12 heteroatoms. The summed E-state index contributed by atoms with van der Waals surface area (Å²) in [6, 6.07) is 8.35. The van der Waals surface area contributed by atoms with Gasteiger partial charge in [-0.05, 0) is 23.8 Å². The number of primary amides is 1. The molecular formula is C19H15Cl3N6O3. The van der Waals surface area contributed by atoms with Crippen LogP contribution in [0.3, 0.4) is 0 Å². The highest BCUT2D eigenvalue weighted by Crippen LogP contribution is 2.47. The van der Waals surface area contributed by atoms with E-state index in [2.05, 4.69) is 15.3 Å². The number of nitrogens with one attached hydrogen (secondary N) is 1. The number of carboxylic acids is 1. The average molecular weight is 482 g/mol. The predicted octanol–water partition coefficient (Wildman–Crippen LogP) is 3.94. The van der Waals surface area contributed by atoms with Gasteiger partial charge >= 0.3 is 5.97 Å². The number of carbonyl (C=O) groups is 2. The summed E-state index contributed by atoms with van der Waals surface area (Å²) in [6.45, 7) is 0. The third-order valence-corrected chi connectivity index (χ3v) is 5.87. The van der Waals surface area contributed by atoms with E-state index in [0.717, 1.165) is 5.56 Å². The minimum Gasteiger partial charge on any atom is -0.478 e. The number of hydrogen-bond acceptors (Lipinski definition) is 6. The lowest BCUT2D eigenvalue weighted by atomic mass is 10.1. The quantitative estimate of drug-likeness (QED) is 0.486. The molecule has 0 fully saturated rings. The van der Waals surface area contributed by atoms with E-state index in [4.69, 9.17) is 40.5 Å². The first-order chi connectivity index (χ1) is 14.8. The first kappa shape index (κ1) is 21.2. The van der Waals surface area contributed by atoms with E-state index in [1.807, 2.05) is 0 Å². The molecule has 31 heavy (non-hydrogen) atoms. The van der Waals surface area contributed by atoms with Crippen molar-refractivity contribution in [2.75, 3.05) is 10.2 Å². The van der Waals surface area contributed by atoms with Crippen LogP contribution in [-0.2, 0) is 4.79 Å². The van der Waals surface area contributed by atoms with E-state index in [1.165, 1.54) is 23.2 Å². The topological polar surface area (TPSA) is 126 Å². The van der Waals surface area contributed by atoms with Gasteiger partial charge in [-0.3, -0.25) is 9.36 Å². The maximum Gasteiger partial charge on any atom is 0.338 e. The van der Waals surface area contributed by atoms with Crippen LogP contribution >= 0.6 is 34.8 Å². The van der Waals surface area contributed by atoms with Crippen molar-refractivity contribution in [3.05, 3.63) is 69.3 Å². The van der Waals surface area contributed by atoms with Crippen molar-refractivity contribution in [2.24, 2.45) is 5.73 Å². The molecule has 1 aliphatic rings. The molecule has 9 nitrogen and oxygen atoms in total. The van der Waals surface area contributed by atoms with Gasteiger partial charge in [0, 0.05) is 11.2 Å². The van der Waals surface area contributed by atoms with Crippen LogP contribution in [0, 0.1) is 0 Å². The third kappa shape index (κ3) is 3.87. The van der Waals surface area contributed by atoms with Gasteiger partial charge in [0.05, 0.1) is 24.0 Å². The van der Waals surface area contributed by atoms with Crippen molar-refractivity contribution in [3.8, 4) is 0 Å². The summed E-state index contributed by atoms with van der Waals surface area (Å²) in [5, 5.41) is 13.7. The van der Waals surface area contributed by atoms with Crippen molar-refractivity contribution in [1.82, 2.24) is 14.5 Å². The zero-order valence-corrected chi connectivity index (χ0v) is 17.9. The molecule has 0 aliphatic carbocycles. The highest BCUT2D eigenvalue weighted by molar-refractivity contribution is 6.40. The lowest BCUT2D eigenvalue weighted by Crippen LogP contribution is -2.38. The number of pyridine rings is 1. The maximum absolute atomic E-state index is 12.0. The summed E-state index contributed by atoms with van der Waals surface area (Å²) in [7, 11) is 0. The zero-order chi connectivity index (χ0) is 22.3. The number of rotatable bonds is 6. The van der Waals surface area contributed by atoms with E-state index >= 15 is 0 Å². The van der Waals surface area contributed by atoms with Crippen LogP contribution in [0.2, 0.25) is 15.3 Å². The fourth-order valence-electron chi connectivity index (χ4n) is 3.57. The van der Waals surface area contributed by atoms with Crippen molar-refractivity contribution < 1.29 is 14.7 Å². The van der Waals surface area contributed by atoms with Gasteiger partial charge in [-0.1, -0.05) is 46.9 Å². The van der Waals surface area contributed by atoms with Crippen molar-refractivity contribution in [3.63, 3.8) is 0 Å². The Morgan fingerprint density at radius 1 is 1.16 bits per heavy atom. The highest BCUT2D eigenvalue weighted by Gasteiger charge is 2.40. The molecule has 1 aliphatic heterocycles. The molecule has 3 heterocycles. The van der Waals surface area contributed by atoms with Crippen LogP contribution in [0.25, 0.3) is 0 Å². The minimum atomic E-state index is -1.16. The molecule has 0 saturated heterocycles. The van der Waals surface area contributed by atoms with E-state index in [9.17, 15) is 14.7 Å². The summed E-state index contributed by atoms with van der Waals surface area (Å²) in [5.41, 5.74) is 6.55. The van der Waals surface area contributed by atoms with Crippen LogP contribution in [0.1, 0.15) is 34.7 Å². The number of aromatic carboxylic acids is 1. The fraction of sp³-hybridized carbons (Fsp3) is 0.158. The van der Waals surface area contributed by atoms with E-state index in [0.29, 0.717) is 10.8 Å². The van der Waals surface area contributed by atoms with E-state index < -0.39 is 24.2 Å². The second-order valence-corrected chi connectivity index (χ2v) is 7.90. The molecular weight excluding hydrogens is 467 g/mol. The van der Waals surface area contributed by atoms with E-state index in [1.54, 1.807) is 29.2 Å².